The number of piperazine rings is 1. The van der Waals surface area contributed by atoms with Gasteiger partial charge in [-0.15, -0.1) is 0 Å². The Morgan fingerprint density at radius 1 is 0.857 bits per heavy atom. The van der Waals surface area contributed by atoms with Crippen LogP contribution in [0.25, 0.3) is 16.9 Å². The van der Waals surface area contributed by atoms with E-state index in [2.05, 4.69) is 19.2 Å². The summed E-state index contributed by atoms with van der Waals surface area (Å²) < 4.78 is 35.7. The second-order valence-corrected chi connectivity index (χ2v) is 10.7. The third-order valence-corrected chi connectivity index (χ3v) is 7.70. The molecule has 1 aromatic heterocycles. The van der Waals surface area contributed by atoms with Crippen LogP contribution in [0.1, 0.15) is 41.4 Å². The minimum Gasteiger partial charge on any atom is -0.497 e. The average molecular weight is 573 g/mol. The Labute approximate surface area is 244 Å². The topological polar surface area (TPSA) is 66.8 Å². The van der Waals surface area contributed by atoms with Crippen molar-refractivity contribution < 1.29 is 23.1 Å². The van der Waals surface area contributed by atoms with Gasteiger partial charge in [-0.3, -0.25) is 4.79 Å². The number of anilines is 1. The van der Waals surface area contributed by atoms with Crippen LogP contribution in [-0.2, 0) is 0 Å². The first kappa shape index (κ1) is 28.9. The second-order valence-electron chi connectivity index (χ2n) is 10.7. The predicted molar refractivity (Wildman–Crippen MR) is 159 cm³/mol. The Hall–Kier alpha value is -4.66. The molecule has 0 radical (unpaired) electrons. The minimum absolute atomic E-state index is 0.140. The summed E-state index contributed by atoms with van der Waals surface area (Å²) >= 11 is 0. The molecule has 1 saturated heterocycles. The molecule has 218 valence electrons. The molecule has 2 heterocycles. The number of amides is 3. The summed E-state index contributed by atoms with van der Waals surface area (Å²) in [6.45, 7) is 7.44. The third kappa shape index (κ3) is 5.86. The maximum absolute atomic E-state index is 15.0. The molecule has 9 heteroatoms. The molecule has 1 aliphatic heterocycles. The molecular weight excluding hydrogens is 538 g/mol. The van der Waals surface area contributed by atoms with Gasteiger partial charge in [0.25, 0.3) is 5.91 Å². The van der Waals surface area contributed by atoms with Gasteiger partial charge in [0.15, 0.2) is 0 Å². The maximum Gasteiger partial charge on any atom is 0.321 e. The maximum atomic E-state index is 15.0. The molecule has 7 nitrogen and oxygen atoms in total. The van der Waals surface area contributed by atoms with Crippen LogP contribution in [0.3, 0.4) is 0 Å². The van der Waals surface area contributed by atoms with Crippen LogP contribution >= 0.6 is 0 Å². The van der Waals surface area contributed by atoms with Crippen molar-refractivity contribution in [2.75, 3.05) is 38.6 Å². The van der Waals surface area contributed by atoms with E-state index < -0.39 is 11.6 Å². The largest absolute Gasteiger partial charge is 0.497 e. The van der Waals surface area contributed by atoms with Gasteiger partial charge < -0.3 is 24.4 Å². The first-order valence-electron chi connectivity index (χ1n) is 13.9. The van der Waals surface area contributed by atoms with Gasteiger partial charge in [-0.1, -0.05) is 26.0 Å². The summed E-state index contributed by atoms with van der Waals surface area (Å²) in [6.07, 6.45) is 0. The fraction of sp³-hybridized carbons (Fsp3) is 0.273. The van der Waals surface area contributed by atoms with Crippen molar-refractivity contribution in [1.29, 1.82) is 0 Å². The Bertz CT molecular complexity index is 1590. The zero-order valence-corrected chi connectivity index (χ0v) is 24.2. The highest BCUT2D eigenvalue weighted by Crippen LogP contribution is 2.32. The highest BCUT2D eigenvalue weighted by molar-refractivity contribution is 5.98. The van der Waals surface area contributed by atoms with Gasteiger partial charge in [-0.2, -0.15) is 0 Å². The summed E-state index contributed by atoms with van der Waals surface area (Å²) in [5.74, 6) is -0.568. The number of halogens is 2. The van der Waals surface area contributed by atoms with E-state index >= 15 is 4.39 Å². The zero-order valence-electron chi connectivity index (χ0n) is 24.2. The number of methoxy groups -OCH3 is 1. The van der Waals surface area contributed by atoms with Gasteiger partial charge in [0, 0.05) is 43.6 Å². The molecule has 1 N–H and O–H groups in total. The van der Waals surface area contributed by atoms with Gasteiger partial charge in [0.1, 0.15) is 17.4 Å². The number of nitrogens with one attached hydrogen (secondary N) is 1. The molecule has 0 spiro atoms. The van der Waals surface area contributed by atoms with Crippen LogP contribution in [-0.4, -0.2) is 59.6 Å². The predicted octanol–water partition coefficient (Wildman–Crippen LogP) is 6.85. The highest BCUT2D eigenvalue weighted by atomic mass is 19.1. The van der Waals surface area contributed by atoms with Crippen molar-refractivity contribution in [3.05, 3.63) is 101 Å². The van der Waals surface area contributed by atoms with Crippen molar-refractivity contribution in [1.82, 2.24) is 14.4 Å². The van der Waals surface area contributed by atoms with Crippen molar-refractivity contribution in [2.24, 2.45) is 0 Å². The number of ether oxygens (including phenoxy) is 1. The lowest BCUT2D eigenvalue weighted by Gasteiger charge is -2.34. The molecule has 4 aromatic rings. The van der Waals surface area contributed by atoms with Crippen LogP contribution in [0.2, 0.25) is 0 Å². The summed E-state index contributed by atoms with van der Waals surface area (Å²) in [6, 6.07) is 19.9. The van der Waals surface area contributed by atoms with Gasteiger partial charge >= 0.3 is 6.03 Å². The van der Waals surface area contributed by atoms with Crippen LogP contribution in [0.4, 0.5) is 19.3 Å². The summed E-state index contributed by atoms with van der Waals surface area (Å²) in [5, 5.41) is 2.94. The van der Waals surface area contributed by atoms with Gasteiger partial charge in [0.2, 0.25) is 0 Å². The number of carbonyl (C=O) groups excluding carboxylic acids is 2. The van der Waals surface area contributed by atoms with Gasteiger partial charge in [0.05, 0.1) is 24.1 Å². The van der Waals surface area contributed by atoms with E-state index in [9.17, 15) is 14.0 Å². The van der Waals surface area contributed by atoms with Crippen molar-refractivity contribution in [3.8, 4) is 22.7 Å². The number of aromatic nitrogens is 1. The van der Waals surface area contributed by atoms with Crippen LogP contribution in [0.5, 0.6) is 5.75 Å². The molecule has 0 unspecified atom stereocenters. The monoisotopic (exact) mass is 572 g/mol. The third-order valence-electron chi connectivity index (χ3n) is 7.70. The standard InChI is InChI=1S/C33H34F2N4O3/c1-21(2)23-5-10-26(11-6-23)36-33(41)38-17-15-37(16-18-38)32(40)28-20-31(24-7-12-27(42-4)13-8-24)39(22(28)3)30-14-9-25(34)19-29(30)35/h5-14,19-21H,15-18H2,1-4H3,(H,36,41). The molecule has 1 aliphatic rings. The SMILES string of the molecule is COc1ccc(-c2cc(C(=O)N3CCN(C(=O)Nc4ccc(C(C)C)cc4)CC3)c(C)n2-c2ccc(F)cc2F)cc1. The Balaban J connectivity index is 1.35. The first-order chi connectivity index (χ1) is 20.2. The minimum atomic E-state index is -0.735. The molecule has 5 rings (SSSR count). The second kappa shape index (κ2) is 12.1. The number of nitrogens with zero attached hydrogens (tertiary/aromatic N) is 3. The fourth-order valence-electron chi connectivity index (χ4n) is 5.21. The summed E-state index contributed by atoms with van der Waals surface area (Å²) in [4.78, 5) is 30.0. The molecule has 0 atom stereocenters. The number of benzene rings is 3. The summed E-state index contributed by atoms with van der Waals surface area (Å²) in [5.41, 5.74) is 4.33. The average Bonchev–Trinajstić information content (AvgIpc) is 3.33. The smallest absolute Gasteiger partial charge is 0.321 e. The number of hydrogen-bond donors (Lipinski definition) is 1. The number of rotatable bonds is 6. The number of carbonyl (C=O) groups is 2. The van der Waals surface area contributed by atoms with Gasteiger partial charge in [-0.25, -0.2) is 13.6 Å². The first-order valence-corrected chi connectivity index (χ1v) is 13.9. The van der Waals surface area contributed by atoms with E-state index in [4.69, 9.17) is 4.74 Å². The van der Waals surface area contributed by atoms with Crippen molar-refractivity contribution in [2.45, 2.75) is 26.7 Å². The lowest BCUT2D eigenvalue weighted by Crippen LogP contribution is -2.51. The summed E-state index contributed by atoms with van der Waals surface area (Å²) in [7, 11) is 1.57. The molecule has 3 aromatic carbocycles. The van der Waals surface area contributed by atoms with E-state index in [0.29, 0.717) is 54.8 Å². The number of hydrogen-bond acceptors (Lipinski definition) is 3. The van der Waals surface area contributed by atoms with E-state index in [1.807, 2.05) is 36.4 Å². The lowest BCUT2D eigenvalue weighted by molar-refractivity contribution is 0.0671. The molecule has 42 heavy (non-hydrogen) atoms. The molecular formula is C33H34F2N4O3. The quantitative estimate of drug-likeness (QED) is 0.275. The van der Waals surface area contributed by atoms with E-state index in [1.54, 1.807) is 46.6 Å². The van der Waals surface area contributed by atoms with Crippen LogP contribution < -0.4 is 10.1 Å². The Kier molecular flexibility index (Phi) is 8.29. The molecule has 0 bridgehead atoms. The lowest BCUT2D eigenvalue weighted by atomic mass is 10.0. The van der Waals surface area contributed by atoms with Crippen molar-refractivity contribution in [3.63, 3.8) is 0 Å². The fourth-order valence-corrected chi connectivity index (χ4v) is 5.21. The normalized spacial score (nSPS) is 13.4. The Morgan fingerprint density at radius 3 is 2.10 bits per heavy atom. The number of urea groups is 1. The van der Waals surface area contributed by atoms with Crippen LogP contribution in [0, 0.1) is 18.6 Å². The van der Waals surface area contributed by atoms with E-state index in [-0.39, 0.29) is 17.6 Å². The van der Waals surface area contributed by atoms with Crippen LogP contribution in [0.15, 0.2) is 72.8 Å². The molecule has 1 fully saturated rings. The Morgan fingerprint density at radius 2 is 1.50 bits per heavy atom. The molecule has 0 saturated carbocycles. The zero-order chi connectivity index (χ0) is 30.0. The highest BCUT2D eigenvalue weighted by Gasteiger charge is 2.29. The van der Waals surface area contributed by atoms with E-state index in [0.717, 1.165) is 17.3 Å². The van der Waals surface area contributed by atoms with Gasteiger partial charge in [-0.05, 0) is 78.6 Å². The van der Waals surface area contributed by atoms with E-state index in [1.165, 1.54) is 17.7 Å². The van der Waals surface area contributed by atoms with Crippen molar-refractivity contribution >= 4 is 17.6 Å². The molecule has 0 aliphatic carbocycles. The molecule has 3 amide bonds.